The molecular weight excluding hydrogens is 696 g/mol. The lowest BCUT2D eigenvalue weighted by Crippen LogP contribution is -2.40. The summed E-state index contributed by atoms with van der Waals surface area (Å²) in [5, 5.41) is 9.53. The number of carboxylic acid groups (broad SMARTS) is 1. The number of halogens is 2. The first kappa shape index (κ1) is 33.2. The van der Waals surface area contributed by atoms with Gasteiger partial charge in [0.15, 0.2) is 4.80 Å². The van der Waals surface area contributed by atoms with E-state index in [0.29, 0.717) is 48.0 Å². The molecule has 2 heterocycles. The Hall–Kier alpha value is -4.19. The van der Waals surface area contributed by atoms with E-state index in [-0.39, 0.29) is 29.9 Å². The highest BCUT2D eigenvalue weighted by atomic mass is 79.9. The number of hydrogen-bond donors (Lipinski definition) is 1. The molecule has 1 atom stereocenters. The number of thiazole rings is 1. The third-order valence-corrected chi connectivity index (χ3v) is 9.07. The monoisotopic (exact) mass is 724 g/mol. The van der Waals surface area contributed by atoms with Crippen molar-refractivity contribution in [3.8, 4) is 11.5 Å². The van der Waals surface area contributed by atoms with Crippen LogP contribution in [-0.4, -0.2) is 35.3 Å². The Morgan fingerprint density at radius 2 is 1.83 bits per heavy atom. The van der Waals surface area contributed by atoms with Gasteiger partial charge in [-0.1, -0.05) is 54.5 Å². The summed E-state index contributed by atoms with van der Waals surface area (Å²) in [6, 6.07) is 16.2. The number of rotatable bonds is 11. The number of carboxylic acids is 1. The van der Waals surface area contributed by atoms with Gasteiger partial charge < -0.3 is 19.3 Å². The molecule has 1 aliphatic heterocycles. The lowest BCUT2D eigenvalue weighted by molar-refractivity contribution is -0.139. The van der Waals surface area contributed by atoms with Crippen molar-refractivity contribution in [2.24, 2.45) is 4.99 Å². The number of nitrogens with zero attached hydrogens (tertiary/aromatic N) is 2. The third kappa shape index (κ3) is 6.96. The average Bonchev–Trinajstić information content (AvgIpc) is 3.34. The van der Waals surface area contributed by atoms with Crippen molar-refractivity contribution in [3.63, 3.8) is 0 Å². The van der Waals surface area contributed by atoms with Crippen LogP contribution in [-0.2, 0) is 16.1 Å². The van der Waals surface area contributed by atoms with Gasteiger partial charge in [-0.05, 0) is 88.9 Å². The fourth-order valence-corrected chi connectivity index (χ4v) is 6.83. The van der Waals surface area contributed by atoms with Crippen molar-refractivity contribution in [1.29, 1.82) is 0 Å². The van der Waals surface area contributed by atoms with Gasteiger partial charge in [0, 0.05) is 10.6 Å². The largest absolute Gasteiger partial charge is 0.496 e. The number of methoxy groups -OCH3 is 1. The molecule has 0 fully saturated rings. The predicted octanol–water partition coefficient (Wildman–Crippen LogP) is 6.28. The van der Waals surface area contributed by atoms with Crippen molar-refractivity contribution in [2.45, 2.75) is 39.3 Å². The number of ether oxygens (including phenoxy) is 3. The number of benzene rings is 3. The number of esters is 1. The SMILES string of the molecule is CCCC1=C(C(=O)OCC)[C@@H](c2cc(Cl)ccc2OC)n2c(s/c(=C/c3ccc(OCc4ccc(C(=O)O)cc4)c(Br)c3)c2=O)=N1. The summed E-state index contributed by atoms with van der Waals surface area (Å²) in [7, 11) is 1.53. The van der Waals surface area contributed by atoms with Gasteiger partial charge in [-0.25, -0.2) is 14.6 Å². The molecule has 0 bridgehead atoms. The predicted molar refractivity (Wildman–Crippen MR) is 180 cm³/mol. The summed E-state index contributed by atoms with van der Waals surface area (Å²) in [5.41, 5.74) is 2.83. The molecule has 1 N–H and O–H groups in total. The number of hydrogen-bond acceptors (Lipinski definition) is 8. The Balaban J connectivity index is 1.55. The molecule has 4 aromatic rings. The molecule has 238 valence electrons. The Morgan fingerprint density at radius 3 is 2.48 bits per heavy atom. The van der Waals surface area contributed by atoms with Crippen LogP contribution in [0.1, 0.15) is 59.8 Å². The molecule has 1 aliphatic rings. The molecular formula is C34H30BrClN2O7S. The number of aromatic nitrogens is 1. The minimum absolute atomic E-state index is 0.164. The number of carbonyl (C=O) groups is 2. The summed E-state index contributed by atoms with van der Waals surface area (Å²) < 4.78 is 19.7. The summed E-state index contributed by atoms with van der Waals surface area (Å²) in [6.07, 6.45) is 3.01. The van der Waals surface area contributed by atoms with Crippen molar-refractivity contribution < 1.29 is 28.9 Å². The molecule has 3 aromatic carbocycles. The number of fused-ring (bicyclic) bond motifs is 1. The second kappa shape index (κ2) is 14.5. The van der Waals surface area contributed by atoms with Gasteiger partial charge in [-0.2, -0.15) is 0 Å². The second-order valence-corrected chi connectivity index (χ2v) is 12.6. The first-order valence-electron chi connectivity index (χ1n) is 14.4. The highest BCUT2D eigenvalue weighted by Gasteiger charge is 2.36. The van der Waals surface area contributed by atoms with E-state index in [1.54, 1.807) is 49.4 Å². The minimum Gasteiger partial charge on any atom is -0.496 e. The molecule has 0 radical (unpaired) electrons. The van der Waals surface area contributed by atoms with Crippen LogP contribution in [0.2, 0.25) is 5.02 Å². The molecule has 9 nitrogen and oxygen atoms in total. The average molecular weight is 726 g/mol. The molecule has 0 aliphatic carbocycles. The zero-order valence-electron chi connectivity index (χ0n) is 25.2. The van der Waals surface area contributed by atoms with E-state index in [1.807, 2.05) is 19.1 Å². The van der Waals surface area contributed by atoms with E-state index in [0.717, 1.165) is 17.5 Å². The molecule has 12 heteroatoms. The topological polar surface area (TPSA) is 116 Å². The van der Waals surface area contributed by atoms with Crippen LogP contribution in [0, 0.1) is 0 Å². The van der Waals surface area contributed by atoms with E-state index < -0.39 is 18.0 Å². The van der Waals surface area contributed by atoms with E-state index in [9.17, 15) is 14.4 Å². The Kier molecular flexibility index (Phi) is 10.5. The molecule has 1 aromatic heterocycles. The maximum Gasteiger partial charge on any atom is 0.338 e. The first-order valence-corrected chi connectivity index (χ1v) is 16.4. The Morgan fingerprint density at radius 1 is 1.09 bits per heavy atom. The van der Waals surface area contributed by atoms with E-state index >= 15 is 0 Å². The first-order chi connectivity index (χ1) is 22.1. The van der Waals surface area contributed by atoms with Crippen LogP contribution in [0.5, 0.6) is 11.5 Å². The van der Waals surface area contributed by atoms with Crippen molar-refractivity contribution in [3.05, 3.63) is 123 Å². The lowest BCUT2D eigenvalue weighted by Gasteiger charge is -2.27. The van der Waals surface area contributed by atoms with E-state index in [2.05, 4.69) is 15.9 Å². The third-order valence-electron chi connectivity index (χ3n) is 7.23. The molecule has 0 amide bonds. The minimum atomic E-state index is -0.987. The highest BCUT2D eigenvalue weighted by Crippen LogP contribution is 2.38. The van der Waals surface area contributed by atoms with Gasteiger partial charge in [0.25, 0.3) is 5.56 Å². The standard InChI is InChI=1S/C34H30BrClN2O7S/c1-4-6-25-29(33(42)44-5-2)30(23-17-22(36)12-14-26(23)43-3)38-31(39)28(46-34(38)37-25)16-20-9-13-27(24(35)15-20)45-18-19-7-10-21(11-8-19)32(40)41/h7-17,30H,4-6,18H2,1-3H3,(H,40,41)/b28-16+/t30-/m1/s1. The zero-order valence-corrected chi connectivity index (χ0v) is 28.4. The van der Waals surface area contributed by atoms with Gasteiger partial charge >= 0.3 is 11.9 Å². The summed E-state index contributed by atoms with van der Waals surface area (Å²) in [6.45, 7) is 4.13. The molecule has 0 saturated carbocycles. The van der Waals surface area contributed by atoms with Crippen molar-refractivity contribution in [1.82, 2.24) is 4.57 Å². The Bertz CT molecular complexity index is 2020. The summed E-state index contributed by atoms with van der Waals surface area (Å²) in [4.78, 5) is 43.9. The number of aromatic carboxylic acids is 1. The maximum absolute atomic E-state index is 14.1. The van der Waals surface area contributed by atoms with Gasteiger partial charge in [-0.3, -0.25) is 9.36 Å². The Labute approximate surface area is 282 Å². The van der Waals surface area contributed by atoms with Crippen molar-refractivity contribution >= 4 is 56.9 Å². The van der Waals surface area contributed by atoms with E-state index in [1.165, 1.54) is 35.1 Å². The van der Waals surface area contributed by atoms with Gasteiger partial charge in [-0.15, -0.1) is 0 Å². The normalized spacial score (nSPS) is 14.5. The second-order valence-electron chi connectivity index (χ2n) is 10.3. The fraction of sp³-hybridized carbons (Fsp3) is 0.235. The van der Waals surface area contributed by atoms with Gasteiger partial charge in [0.2, 0.25) is 0 Å². The van der Waals surface area contributed by atoms with E-state index in [4.69, 9.17) is 35.9 Å². The molecule has 0 saturated heterocycles. The van der Waals surface area contributed by atoms with Crippen LogP contribution in [0.4, 0.5) is 0 Å². The van der Waals surface area contributed by atoms with Crippen LogP contribution in [0.25, 0.3) is 6.08 Å². The summed E-state index contributed by atoms with van der Waals surface area (Å²) >= 11 is 11.2. The molecule has 0 spiro atoms. The lowest BCUT2D eigenvalue weighted by atomic mass is 9.93. The van der Waals surface area contributed by atoms with Gasteiger partial charge in [0.1, 0.15) is 24.1 Å². The maximum atomic E-state index is 14.1. The number of allylic oxidation sites excluding steroid dienone is 1. The van der Waals surface area contributed by atoms with Crippen LogP contribution in [0.3, 0.4) is 0 Å². The summed E-state index contributed by atoms with van der Waals surface area (Å²) in [5.74, 6) is -0.481. The molecule has 0 unspecified atom stereocenters. The number of carbonyl (C=O) groups excluding carboxylic acids is 1. The fourth-order valence-electron chi connectivity index (χ4n) is 5.11. The smallest absolute Gasteiger partial charge is 0.338 e. The zero-order chi connectivity index (χ0) is 33.0. The highest BCUT2D eigenvalue weighted by molar-refractivity contribution is 9.10. The van der Waals surface area contributed by atoms with Crippen LogP contribution >= 0.6 is 38.9 Å². The quantitative estimate of drug-likeness (QED) is 0.181. The van der Waals surface area contributed by atoms with Crippen LogP contribution in [0.15, 0.2) is 86.2 Å². The van der Waals surface area contributed by atoms with Gasteiger partial charge in [0.05, 0.1) is 39.6 Å². The van der Waals surface area contributed by atoms with Crippen LogP contribution < -0.4 is 24.4 Å². The molecule has 46 heavy (non-hydrogen) atoms. The molecule has 5 rings (SSSR count). The van der Waals surface area contributed by atoms with Crippen molar-refractivity contribution in [2.75, 3.05) is 13.7 Å².